The van der Waals surface area contributed by atoms with Crippen molar-refractivity contribution in [3.05, 3.63) is 41.0 Å². The average Bonchev–Trinajstić information content (AvgIpc) is 2.11. The van der Waals surface area contributed by atoms with Crippen molar-refractivity contribution < 1.29 is 0 Å². The molecule has 0 nitrogen and oxygen atoms in total. The number of thioether (sulfide) groups is 1. The van der Waals surface area contributed by atoms with Gasteiger partial charge in [0.1, 0.15) is 0 Å². The largest absolute Gasteiger partial charge is 0.161 e. The Bertz CT molecular complexity index is 300. The van der Waals surface area contributed by atoms with Gasteiger partial charge in [0.15, 0.2) is 0 Å². The van der Waals surface area contributed by atoms with Gasteiger partial charge in [-0.05, 0) is 31.2 Å². The highest BCUT2D eigenvalue weighted by molar-refractivity contribution is 7.98. The van der Waals surface area contributed by atoms with Crippen LogP contribution in [0.25, 0.3) is 6.08 Å². The summed E-state index contributed by atoms with van der Waals surface area (Å²) >= 11 is 1.84. The van der Waals surface area contributed by atoms with Gasteiger partial charge in [0, 0.05) is 5.75 Å². The van der Waals surface area contributed by atoms with Gasteiger partial charge in [0.05, 0.1) is 0 Å². The molecule has 0 aliphatic carbocycles. The maximum Gasteiger partial charge on any atom is 0.0113 e. The van der Waals surface area contributed by atoms with Crippen LogP contribution in [-0.2, 0) is 0 Å². The molecule has 13 heavy (non-hydrogen) atoms. The lowest BCUT2D eigenvalue weighted by Gasteiger charge is -2.01. The van der Waals surface area contributed by atoms with Crippen molar-refractivity contribution in [2.24, 2.45) is 0 Å². The predicted octanol–water partition coefficient (Wildman–Crippen LogP) is 3.68. The number of aryl methyl sites for hydroxylation is 2. The molecule has 0 atom stereocenters. The van der Waals surface area contributed by atoms with E-state index in [1.807, 2.05) is 11.8 Å². The monoisotopic (exact) mass is 192 g/mol. The van der Waals surface area contributed by atoms with Crippen LogP contribution in [0.4, 0.5) is 0 Å². The molecule has 1 rings (SSSR count). The molecule has 0 bridgehead atoms. The molecule has 0 saturated heterocycles. The minimum atomic E-state index is 1.09. The molecule has 0 amide bonds. The van der Waals surface area contributed by atoms with Gasteiger partial charge in [-0.1, -0.05) is 35.9 Å². The lowest BCUT2D eigenvalue weighted by atomic mass is 10.1. The summed E-state index contributed by atoms with van der Waals surface area (Å²) in [5, 5.41) is 0. The van der Waals surface area contributed by atoms with E-state index in [2.05, 4.69) is 50.5 Å². The summed E-state index contributed by atoms with van der Waals surface area (Å²) in [5.41, 5.74) is 4.02. The molecule has 1 aromatic rings. The van der Waals surface area contributed by atoms with Crippen LogP contribution in [0.2, 0.25) is 0 Å². The van der Waals surface area contributed by atoms with Crippen molar-refractivity contribution >= 4 is 17.8 Å². The van der Waals surface area contributed by atoms with E-state index < -0.39 is 0 Å². The van der Waals surface area contributed by atoms with Gasteiger partial charge in [-0.2, -0.15) is 11.8 Å². The zero-order valence-electron chi connectivity index (χ0n) is 8.50. The quantitative estimate of drug-likeness (QED) is 0.704. The minimum Gasteiger partial charge on any atom is -0.161 e. The van der Waals surface area contributed by atoms with Gasteiger partial charge in [-0.3, -0.25) is 0 Å². The van der Waals surface area contributed by atoms with Crippen molar-refractivity contribution in [2.75, 3.05) is 12.0 Å². The topological polar surface area (TPSA) is 0 Å². The SMILES string of the molecule is CSC/C=C/c1cc(C)ccc1C. The van der Waals surface area contributed by atoms with E-state index in [-0.39, 0.29) is 0 Å². The van der Waals surface area contributed by atoms with E-state index in [9.17, 15) is 0 Å². The number of rotatable bonds is 3. The fraction of sp³-hybridized carbons (Fsp3) is 0.333. The van der Waals surface area contributed by atoms with Crippen LogP contribution >= 0.6 is 11.8 Å². The Labute approximate surface area is 85.1 Å². The average molecular weight is 192 g/mol. The molecule has 0 N–H and O–H groups in total. The van der Waals surface area contributed by atoms with E-state index in [0.717, 1.165) is 5.75 Å². The summed E-state index contributed by atoms with van der Waals surface area (Å²) in [6.45, 7) is 4.28. The van der Waals surface area contributed by atoms with Gasteiger partial charge >= 0.3 is 0 Å². The molecule has 0 spiro atoms. The summed E-state index contributed by atoms with van der Waals surface area (Å²) in [4.78, 5) is 0. The first kappa shape index (κ1) is 10.4. The highest BCUT2D eigenvalue weighted by atomic mass is 32.2. The Morgan fingerprint density at radius 3 is 2.77 bits per heavy atom. The van der Waals surface area contributed by atoms with E-state index in [0.29, 0.717) is 0 Å². The van der Waals surface area contributed by atoms with E-state index >= 15 is 0 Å². The molecular formula is C12H16S. The Morgan fingerprint density at radius 1 is 1.31 bits per heavy atom. The predicted molar refractivity (Wildman–Crippen MR) is 63.3 cm³/mol. The van der Waals surface area contributed by atoms with Gasteiger partial charge in [0.2, 0.25) is 0 Å². The van der Waals surface area contributed by atoms with Crippen LogP contribution in [0.3, 0.4) is 0 Å². The molecule has 0 heterocycles. The summed E-state index contributed by atoms with van der Waals surface area (Å²) in [5.74, 6) is 1.09. The Kier molecular flexibility index (Phi) is 4.10. The lowest BCUT2D eigenvalue weighted by Crippen LogP contribution is -1.82. The number of hydrogen-bond donors (Lipinski definition) is 0. The second kappa shape index (κ2) is 5.13. The summed E-state index contributed by atoms with van der Waals surface area (Å²) in [6.07, 6.45) is 6.54. The van der Waals surface area contributed by atoms with Crippen LogP contribution in [-0.4, -0.2) is 12.0 Å². The van der Waals surface area contributed by atoms with Crippen molar-refractivity contribution in [3.8, 4) is 0 Å². The summed E-state index contributed by atoms with van der Waals surface area (Å²) < 4.78 is 0. The van der Waals surface area contributed by atoms with Crippen molar-refractivity contribution in [1.29, 1.82) is 0 Å². The molecule has 0 unspecified atom stereocenters. The molecule has 70 valence electrons. The Balaban J connectivity index is 2.81. The first-order valence-corrected chi connectivity index (χ1v) is 5.86. The van der Waals surface area contributed by atoms with Gasteiger partial charge < -0.3 is 0 Å². The highest BCUT2D eigenvalue weighted by Gasteiger charge is 1.93. The highest BCUT2D eigenvalue weighted by Crippen LogP contribution is 2.12. The van der Waals surface area contributed by atoms with Crippen molar-refractivity contribution in [3.63, 3.8) is 0 Å². The van der Waals surface area contributed by atoms with Crippen molar-refractivity contribution in [2.45, 2.75) is 13.8 Å². The van der Waals surface area contributed by atoms with Crippen LogP contribution in [0, 0.1) is 13.8 Å². The van der Waals surface area contributed by atoms with Crippen LogP contribution in [0.1, 0.15) is 16.7 Å². The molecule has 0 radical (unpaired) electrons. The molecule has 0 aromatic heterocycles. The first-order valence-electron chi connectivity index (χ1n) is 4.47. The van der Waals surface area contributed by atoms with Crippen LogP contribution in [0.5, 0.6) is 0 Å². The standard InChI is InChI=1S/C12H16S/c1-10-6-7-11(2)12(9-10)5-4-8-13-3/h4-7,9H,8H2,1-3H3/b5-4+. The fourth-order valence-electron chi connectivity index (χ4n) is 1.21. The van der Waals surface area contributed by atoms with E-state index in [1.165, 1.54) is 16.7 Å². The fourth-order valence-corrected chi connectivity index (χ4v) is 1.50. The smallest absolute Gasteiger partial charge is 0.0113 e. The van der Waals surface area contributed by atoms with Gasteiger partial charge in [-0.15, -0.1) is 0 Å². The van der Waals surface area contributed by atoms with E-state index in [4.69, 9.17) is 0 Å². The molecular weight excluding hydrogens is 176 g/mol. The van der Waals surface area contributed by atoms with Crippen molar-refractivity contribution in [1.82, 2.24) is 0 Å². The number of benzene rings is 1. The Hall–Kier alpha value is -0.690. The van der Waals surface area contributed by atoms with Crippen LogP contribution in [0.15, 0.2) is 24.3 Å². The molecule has 0 aliphatic heterocycles. The maximum atomic E-state index is 2.23. The molecule has 0 saturated carbocycles. The lowest BCUT2D eigenvalue weighted by molar-refractivity contribution is 1.37. The Morgan fingerprint density at radius 2 is 2.08 bits per heavy atom. The van der Waals surface area contributed by atoms with Gasteiger partial charge in [0.25, 0.3) is 0 Å². The molecule has 0 aliphatic rings. The second-order valence-corrected chi connectivity index (χ2v) is 4.13. The molecule has 1 aromatic carbocycles. The first-order chi connectivity index (χ1) is 6.24. The molecule has 0 fully saturated rings. The third kappa shape index (κ3) is 3.27. The second-order valence-electron chi connectivity index (χ2n) is 3.22. The molecule has 1 heteroatoms. The zero-order chi connectivity index (χ0) is 9.68. The number of hydrogen-bond acceptors (Lipinski definition) is 1. The zero-order valence-corrected chi connectivity index (χ0v) is 9.32. The minimum absolute atomic E-state index is 1.09. The van der Waals surface area contributed by atoms with Gasteiger partial charge in [-0.25, -0.2) is 0 Å². The summed E-state index contributed by atoms with van der Waals surface area (Å²) in [7, 11) is 0. The third-order valence-electron chi connectivity index (χ3n) is 2.00. The maximum absolute atomic E-state index is 2.23. The third-order valence-corrected chi connectivity index (χ3v) is 2.52. The van der Waals surface area contributed by atoms with Crippen LogP contribution < -0.4 is 0 Å². The van der Waals surface area contributed by atoms with E-state index in [1.54, 1.807) is 0 Å². The summed E-state index contributed by atoms with van der Waals surface area (Å²) in [6, 6.07) is 6.56. The normalized spacial score (nSPS) is 11.0.